The predicted octanol–water partition coefficient (Wildman–Crippen LogP) is 2.70. The highest BCUT2D eigenvalue weighted by Gasteiger charge is 2.22. The van der Waals surface area contributed by atoms with Crippen molar-refractivity contribution in [3.05, 3.63) is 29.8 Å². The van der Waals surface area contributed by atoms with Crippen molar-refractivity contribution in [2.75, 3.05) is 13.1 Å². The van der Waals surface area contributed by atoms with Gasteiger partial charge < -0.3 is 15.3 Å². The molecule has 1 unspecified atom stereocenters. The smallest absolute Gasteiger partial charge is 0.239 e. The van der Waals surface area contributed by atoms with Gasteiger partial charge in [-0.25, -0.2) is 0 Å². The topological polar surface area (TPSA) is 52.6 Å². The van der Waals surface area contributed by atoms with Gasteiger partial charge in [0.05, 0.1) is 6.04 Å². The van der Waals surface area contributed by atoms with E-state index in [9.17, 15) is 9.90 Å². The third-order valence-electron chi connectivity index (χ3n) is 4.38. The highest BCUT2D eigenvalue weighted by atomic mass is 16.3. The van der Waals surface area contributed by atoms with Gasteiger partial charge in [0.1, 0.15) is 5.75 Å². The molecule has 1 aromatic rings. The lowest BCUT2D eigenvalue weighted by atomic mass is 10.0. The second-order valence-corrected chi connectivity index (χ2v) is 6.38. The van der Waals surface area contributed by atoms with Gasteiger partial charge in [0.15, 0.2) is 0 Å². The number of carbonyl (C=O) groups excluding carboxylic acids is 1. The lowest BCUT2D eigenvalue weighted by Gasteiger charge is -2.30. The molecule has 1 heterocycles. The molecule has 4 heteroatoms. The number of aryl methyl sites for hydroxylation is 1. The van der Waals surface area contributed by atoms with Crippen LogP contribution < -0.4 is 5.32 Å². The zero-order chi connectivity index (χ0) is 15.9. The molecule has 4 nitrogen and oxygen atoms in total. The highest BCUT2D eigenvalue weighted by molar-refractivity contribution is 5.81. The van der Waals surface area contributed by atoms with Crippen molar-refractivity contribution in [3.8, 4) is 5.75 Å². The number of likely N-dealkylation sites (tertiary alicyclic amines) is 1. The average Bonchev–Trinajstić information content (AvgIpc) is 2.54. The minimum absolute atomic E-state index is 0.118. The van der Waals surface area contributed by atoms with E-state index in [0.717, 1.165) is 38.8 Å². The Morgan fingerprint density at radius 1 is 1.18 bits per heavy atom. The minimum atomic E-state index is -0.118. The molecule has 1 amide bonds. The van der Waals surface area contributed by atoms with Crippen molar-refractivity contribution >= 4 is 5.91 Å². The Kier molecular flexibility index (Phi) is 6.25. The quantitative estimate of drug-likeness (QED) is 0.849. The van der Waals surface area contributed by atoms with E-state index in [0.29, 0.717) is 5.75 Å². The van der Waals surface area contributed by atoms with Crippen molar-refractivity contribution in [1.29, 1.82) is 0 Å². The molecule has 22 heavy (non-hydrogen) atoms. The van der Waals surface area contributed by atoms with Crippen LogP contribution in [0.4, 0.5) is 0 Å². The van der Waals surface area contributed by atoms with Crippen LogP contribution in [0.1, 0.15) is 45.1 Å². The molecule has 122 valence electrons. The summed E-state index contributed by atoms with van der Waals surface area (Å²) in [5.41, 5.74) is 1.21. The molecule has 1 aliphatic rings. The number of nitrogens with one attached hydrogen (secondary N) is 1. The zero-order valence-electron chi connectivity index (χ0n) is 13.7. The Balaban J connectivity index is 1.74. The van der Waals surface area contributed by atoms with Gasteiger partial charge >= 0.3 is 0 Å². The highest BCUT2D eigenvalue weighted by Crippen LogP contribution is 2.13. The number of hydrogen-bond donors (Lipinski definition) is 2. The molecule has 1 aliphatic heterocycles. The van der Waals surface area contributed by atoms with Crippen LogP contribution in [0.3, 0.4) is 0 Å². The van der Waals surface area contributed by atoms with Crippen molar-refractivity contribution in [1.82, 2.24) is 10.2 Å². The summed E-state index contributed by atoms with van der Waals surface area (Å²) in [6.07, 6.45) is 5.43. The Bertz CT molecular complexity index is 466. The maximum Gasteiger partial charge on any atom is 0.239 e. The van der Waals surface area contributed by atoms with Crippen molar-refractivity contribution in [2.45, 2.75) is 58.0 Å². The van der Waals surface area contributed by atoms with E-state index in [1.165, 1.54) is 12.0 Å². The van der Waals surface area contributed by atoms with E-state index in [-0.39, 0.29) is 18.0 Å². The number of phenols is 1. The Labute approximate surface area is 133 Å². The lowest BCUT2D eigenvalue weighted by Crippen LogP contribution is -2.49. The van der Waals surface area contributed by atoms with Crippen LogP contribution in [0.25, 0.3) is 0 Å². The van der Waals surface area contributed by atoms with Gasteiger partial charge in [0, 0.05) is 19.1 Å². The van der Waals surface area contributed by atoms with Gasteiger partial charge in [-0.2, -0.15) is 0 Å². The second-order valence-electron chi connectivity index (χ2n) is 6.38. The average molecular weight is 304 g/mol. The predicted molar refractivity (Wildman–Crippen MR) is 88.9 cm³/mol. The number of carbonyl (C=O) groups is 1. The molecule has 0 radical (unpaired) electrons. The number of piperidine rings is 1. The first kappa shape index (κ1) is 16.8. The first-order chi connectivity index (χ1) is 10.6. The fourth-order valence-corrected chi connectivity index (χ4v) is 3.02. The van der Waals surface area contributed by atoms with Crippen molar-refractivity contribution < 1.29 is 9.90 Å². The summed E-state index contributed by atoms with van der Waals surface area (Å²) in [7, 11) is 0. The minimum Gasteiger partial charge on any atom is -0.508 e. The second kappa shape index (κ2) is 8.18. The molecule has 1 fully saturated rings. The number of hydrogen-bond acceptors (Lipinski definition) is 3. The summed E-state index contributed by atoms with van der Waals surface area (Å²) >= 11 is 0. The van der Waals surface area contributed by atoms with Crippen LogP contribution in [-0.2, 0) is 11.2 Å². The third-order valence-corrected chi connectivity index (χ3v) is 4.38. The summed E-state index contributed by atoms with van der Waals surface area (Å²) in [6, 6.07) is 7.51. The standard InChI is InChI=1S/C18H28N2O2/c1-14(6-7-16-8-10-17(21)11-9-16)19-15(2)18(22)20-12-4-3-5-13-20/h8-11,14-15,19,21H,3-7,12-13H2,1-2H3/t14?,15-/m0/s1. The Hall–Kier alpha value is -1.55. The van der Waals surface area contributed by atoms with E-state index in [4.69, 9.17) is 0 Å². The first-order valence-electron chi connectivity index (χ1n) is 8.39. The van der Waals surface area contributed by atoms with Crippen molar-refractivity contribution in [2.24, 2.45) is 0 Å². The van der Waals surface area contributed by atoms with Gasteiger partial charge in [0.25, 0.3) is 0 Å². The van der Waals surface area contributed by atoms with Crippen LogP contribution in [0.15, 0.2) is 24.3 Å². The molecule has 0 spiro atoms. The molecule has 1 aromatic carbocycles. The van der Waals surface area contributed by atoms with Gasteiger partial charge in [0.2, 0.25) is 5.91 Å². The largest absolute Gasteiger partial charge is 0.508 e. The van der Waals surface area contributed by atoms with Gasteiger partial charge in [-0.05, 0) is 63.6 Å². The molecule has 2 atom stereocenters. The Morgan fingerprint density at radius 3 is 2.45 bits per heavy atom. The van der Waals surface area contributed by atoms with E-state index in [2.05, 4.69) is 12.2 Å². The number of amides is 1. The van der Waals surface area contributed by atoms with Crippen LogP contribution >= 0.6 is 0 Å². The van der Waals surface area contributed by atoms with Crippen LogP contribution in [-0.4, -0.2) is 41.1 Å². The summed E-state index contributed by atoms with van der Waals surface area (Å²) < 4.78 is 0. The first-order valence-corrected chi connectivity index (χ1v) is 8.39. The number of rotatable bonds is 6. The van der Waals surface area contributed by atoms with E-state index >= 15 is 0 Å². The number of nitrogens with zero attached hydrogens (tertiary/aromatic N) is 1. The van der Waals surface area contributed by atoms with Gasteiger partial charge in [-0.1, -0.05) is 12.1 Å². The van der Waals surface area contributed by atoms with E-state index in [1.807, 2.05) is 24.0 Å². The SMILES string of the molecule is CC(CCc1ccc(O)cc1)N[C@@H](C)C(=O)N1CCCCC1. The third kappa shape index (κ3) is 5.02. The van der Waals surface area contributed by atoms with E-state index in [1.54, 1.807) is 12.1 Å². The number of phenolic OH excluding ortho intramolecular Hbond substituents is 1. The summed E-state index contributed by atoms with van der Waals surface area (Å²) in [5, 5.41) is 12.7. The normalized spacial score (nSPS) is 18.0. The fraction of sp³-hybridized carbons (Fsp3) is 0.611. The summed E-state index contributed by atoms with van der Waals surface area (Å²) in [6.45, 7) is 5.91. The van der Waals surface area contributed by atoms with E-state index < -0.39 is 0 Å². The Morgan fingerprint density at radius 2 is 1.82 bits per heavy atom. The molecule has 1 saturated heterocycles. The maximum absolute atomic E-state index is 12.4. The molecular weight excluding hydrogens is 276 g/mol. The van der Waals surface area contributed by atoms with Gasteiger partial charge in [-0.3, -0.25) is 4.79 Å². The summed E-state index contributed by atoms with van der Waals surface area (Å²) in [5.74, 6) is 0.534. The number of benzene rings is 1. The molecule has 0 saturated carbocycles. The van der Waals surface area contributed by atoms with Crippen molar-refractivity contribution in [3.63, 3.8) is 0 Å². The van der Waals surface area contributed by atoms with Crippen LogP contribution in [0.5, 0.6) is 5.75 Å². The summed E-state index contributed by atoms with van der Waals surface area (Å²) in [4.78, 5) is 14.4. The zero-order valence-corrected chi connectivity index (χ0v) is 13.7. The monoisotopic (exact) mass is 304 g/mol. The molecule has 2 N–H and O–H groups in total. The molecular formula is C18H28N2O2. The molecule has 0 aromatic heterocycles. The van der Waals surface area contributed by atoms with Crippen LogP contribution in [0, 0.1) is 0 Å². The maximum atomic E-state index is 12.4. The molecule has 2 rings (SSSR count). The molecule has 0 aliphatic carbocycles. The lowest BCUT2D eigenvalue weighted by molar-refractivity contribution is -0.134. The molecule has 0 bridgehead atoms. The fourth-order valence-electron chi connectivity index (χ4n) is 3.02. The number of aromatic hydroxyl groups is 1. The van der Waals surface area contributed by atoms with Gasteiger partial charge in [-0.15, -0.1) is 0 Å². The van der Waals surface area contributed by atoms with Crippen LogP contribution in [0.2, 0.25) is 0 Å².